The number of imide groups is 1. The molecule has 0 aliphatic carbocycles. The van der Waals surface area contributed by atoms with Gasteiger partial charge in [0.1, 0.15) is 0 Å². The fourth-order valence-electron chi connectivity index (χ4n) is 3.06. The lowest BCUT2D eigenvalue weighted by Crippen LogP contribution is -2.32. The molecule has 0 unspecified atom stereocenters. The molecule has 0 aromatic heterocycles. The van der Waals surface area contributed by atoms with E-state index in [1.807, 2.05) is 0 Å². The van der Waals surface area contributed by atoms with E-state index in [9.17, 15) is 9.59 Å². The number of amides is 2. The molecule has 3 fully saturated rings. The molecule has 0 aromatic rings. The standard InChI is InChI=1S/C6H13N.C5H5NO2.C5H11NO.C5H11N.4CH4/c1-7-5-3-2-4-6-7;1-6-4(7)2-3-5(6)8;1-6-2-4-7-5-3-6;1-6-4-2-3-5-6;;;;/h2-6H2,1H3;2-3H,1H3;2-5H2,1H3;2-5H2,1H3;4*1H4. The Bertz CT molecular complexity index is 434. The number of rotatable bonds is 0. The quantitative estimate of drug-likeness (QED) is 0.512. The number of piperidine rings is 1. The Morgan fingerprint density at radius 1 is 0.562 bits per heavy atom. The summed E-state index contributed by atoms with van der Waals surface area (Å²) in [5.41, 5.74) is 0. The zero-order valence-electron chi connectivity index (χ0n) is 18.4. The lowest BCUT2D eigenvalue weighted by atomic mass is 10.1. The highest BCUT2D eigenvalue weighted by Gasteiger charge is 2.17. The summed E-state index contributed by atoms with van der Waals surface area (Å²) in [6.07, 6.45) is 9.61. The number of ether oxygens (including phenoxy) is 1. The first kappa shape index (κ1) is 38.0. The van der Waals surface area contributed by atoms with E-state index < -0.39 is 0 Å². The molecule has 3 saturated heterocycles. The molecule has 194 valence electrons. The second-order valence-electron chi connectivity index (χ2n) is 7.86. The van der Waals surface area contributed by atoms with Crippen molar-refractivity contribution in [3.63, 3.8) is 0 Å². The number of carbonyl (C=O) groups excluding carboxylic acids is 2. The maximum absolute atomic E-state index is 10.4. The molecule has 32 heavy (non-hydrogen) atoms. The number of hydrogen-bond donors (Lipinski definition) is 0. The smallest absolute Gasteiger partial charge is 0.253 e. The Hall–Kier alpha value is -1.28. The highest BCUT2D eigenvalue weighted by atomic mass is 16.5. The monoisotopic (exact) mass is 460 g/mol. The van der Waals surface area contributed by atoms with Crippen molar-refractivity contribution >= 4 is 11.8 Å². The number of carbonyl (C=O) groups is 2. The van der Waals surface area contributed by atoms with Crippen molar-refractivity contribution in [2.24, 2.45) is 0 Å². The molecule has 4 aliphatic heterocycles. The van der Waals surface area contributed by atoms with Gasteiger partial charge in [-0.1, -0.05) is 36.1 Å². The van der Waals surface area contributed by atoms with Crippen LogP contribution in [0, 0.1) is 0 Å². The van der Waals surface area contributed by atoms with E-state index in [1.165, 1.54) is 77.5 Å². The molecular weight excluding hydrogens is 404 g/mol. The van der Waals surface area contributed by atoms with Crippen molar-refractivity contribution in [3.8, 4) is 0 Å². The van der Waals surface area contributed by atoms with Crippen LogP contribution in [0.3, 0.4) is 0 Å². The first-order valence-electron chi connectivity index (χ1n) is 10.5. The maximum Gasteiger partial charge on any atom is 0.253 e. The SMILES string of the molecule is C.C.C.C.CN1C(=O)C=CC1=O.CN1CCCC1.CN1CCCCC1.CN1CCOCC1. The summed E-state index contributed by atoms with van der Waals surface area (Å²) in [7, 11) is 7.93. The van der Waals surface area contributed by atoms with Crippen LogP contribution in [0.25, 0.3) is 0 Å². The van der Waals surface area contributed by atoms with Gasteiger partial charge in [-0.05, 0) is 73.0 Å². The zero-order valence-corrected chi connectivity index (χ0v) is 18.4. The molecule has 0 spiro atoms. The first-order valence-corrected chi connectivity index (χ1v) is 10.5. The Kier molecular flexibility index (Phi) is 27.2. The van der Waals surface area contributed by atoms with E-state index in [2.05, 4.69) is 35.8 Å². The van der Waals surface area contributed by atoms with Gasteiger partial charge in [0, 0.05) is 32.3 Å². The predicted octanol–water partition coefficient (Wildman–Crippen LogP) is 3.85. The highest BCUT2D eigenvalue weighted by molar-refractivity contribution is 6.12. The molecule has 7 heteroatoms. The van der Waals surface area contributed by atoms with Gasteiger partial charge < -0.3 is 19.4 Å². The van der Waals surface area contributed by atoms with Crippen molar-refractivity contribution in [2.45, 2.75) is 61.8 Å². The number of morpholine rings is 1. The lowest BCUT2D eigenvalue weighted by molar-refractivity contribution is -0.135. The molecule has 0 aromatic carbocycles. The Balaban J connectivity index is -0.000000157. The van der Waals surface area contributed by atoms with Crippen LogP contribution in [0.4, 0.5) is 0 Å². The maximum atomic E-state index is 10.4. The number of likely N-dealkylation sites (N-methyl/N-ethyl adjacent to an activating group) is 2. The average Bonchev–Trinajstić information content (AvgIpc) is 3.29. The molecule has 4 heterocycles. The van der Waals surface area contributed by atoms with Crippen LogP contribution < -0.4 is 0 Å². The van der Waals surface area contributed by atoms with Crippen LogP contribution in [-0.4, -0.2) is 112 Å². The van der Waals surface area contributed by atoms with E-state index in [-0.39, 0.29) is 41.5 Å². The Morgan fingerprint density at radius 3 is 1.03 bits per heavy atom. The Labute approximate surface area is 200 Å². The summed E-state index contributed by atoms with van der Waals surface area (Å²) in [5.74, 6) is -0.481. The summed E-state index contributed by atoms with van der Waals surface area (Å²) < 4.78 is 5.10. The summed E-state index contributed by atoms with van der Waals surface area (Å²) in [4.78, 5) is 28.9. The number of hydrogen-bond acceptors (Lipinski definition) is 6. The van der Waals surface area contributed by atoms with E-state index in [0.29, 0.717) is 0 Å². The molecule has 0 radical (unpaired) electrons. The third-order valence-corrected chi connectivity index (χ3v) is 5.17. The minimum absolute atomic E-state index is 0. The summed E-state index contributed by atoms with van der Waals surface area (Å²) in [6, 6.07) is 0. The first-order chi connectivity index (χ1) is 13.4. The van der Waals surface area contributed by atoms with Crippen LogP contribution in [0.15, 0.2) is 12.2 Å². The molecule has 7 nitrogen and oxygen atoms in total. The van der Waals surface area contributed by atoms with Gasteiger partial charge in [-0.25, -0.2) is 0 Å². The van der Waals surface area contributed by atoms with Crippen LogP contribution in [0.2, 0.25) is 0 Å². The molecule has 4 aliphatic rings. The van der Waals surface area contributed by atoms with Gasteiger partial charge >= 0.3 is 0 Å². The molecule has 0 atom stereocenters. The fourth-order valence-corrected chi connectivity index (χ4v) is 3.06. The second kappa shape index (κ2) is 22.9. The molecule has 2 amide bonds. The van der Waals surface area contributed by atoms with Crippen LogP contribution in [0.5, 0.6) is 0 Å². The fraction of sp³-hybridized carbons (Fsp3) is 0.840. The van der Waals surface area contributed by atoms with Gasteiger partial charge in [-0.15, -0.1) is 0 Å². The topological polar surface area (TPSA) is 56.3 Å². The van der Waals surface area contributed by atoms with Crippen molar-refractivity contribution < 1.29 is 14.3 Å². The summed E-state index contributed by atoms with van der Waals surface area (Å²) >= 11 is 0. The third-order valence-electron chi connectivity index (χ3n) is 5.17. The lowest BCUT2D eigenvalue weighted by Gasteiger charge is -2.21. The Morgan fingerprint density at radius 2 is 0.875 bits per heavy atom. The van der Waals surface area contributed by atoms with Crippen LogP contribution >= 0.6 is 0 Å². The molecule has 0 bridgehead atoms. The minimum atomic E-state index is -0.241. The molecule has 0 N–H and O–H groups in total. The minimum Gasteiger partial charge on any atom is -0.379 e. The van der Waals surface area contributed by atoms with E-state index in [0.717, 1.165) is 31.2 Å². The van der Waals surface area contributed by atoms with Crippen LogP contribution in [-0.2, 0) is 14.3 Å². The van der Waals surface area contributed by atoms with Crippen LogP contribution in [0.1, 0.15) is 61.8 Å². The van der Waals surface area contributed by atoms with E-state index in [1.54, 1.807) is 0 Å². The van der Waals surface area contributed by atoms with Gasteiger partial charge in [0.15, 0.2) is 0 Å². The van der Waals surface area contributed by atoms with Gasteiger partial charge in [0.05, 0.1) is 13.2 Å². The van der Waals surface area contributed by atoms with Crippen molar-refractivity contribution in [3.05, 3.63) is 12.2 Å². The second-order valence-corrected chi connectivity index (χ2v) is 7.86. The molecule has 4 rings (SSSR count). The summed E-state index contributed by atoms with van der Waals surface area (Å²) in [6.45, 7) is 9.30. The van der Waals surface area contributed by atoms with Crippen molar-refractivity contribution in [1.29, 1.82) is 0 Å². The number of nitrogens with zero attached hydrogens (tertiary/aromatic N) is 4. The third kappa shape index (κ3) is 18.3. The normalized spacial score (nSPS) is 20.4. The van der Waals surface area contributed by atoms with Gasteiger partial charge in [-0.2, -0.15) is 0 Å². The zero-order chi connectivity index (χ0) is 20.8. The van der Waals surface area contributed by atoms with E-state index in [4.69, 9.17) is 4.74 Å². The van der Waals surface area contributed by atoms with Gasteiger partial charge in [0.25, 0.3) is 11.8 Å². The summed E-state index contributed by atoms with van der Waals surface area (Å²) in [5, 5.41) is 0. The molecule has 0 saturated carbocycles. The van der Waals surface area contributed by atoms with E-state index >= 15 is 0 Å². The number of likely N-dealkylation sites (tertiary alicyclic amines) is 2. The average molecular weight is 461 g/mol. The van der Waals surface area contributed by atoms with Crippen molar-refractivity contribution in [1.82, 2.24) is 19.6 Å². The van der Waals surface area contributed by atoms with Gasteiger partial charge in [-0.3, -0.25) is 14.5 Å². The predicted molar refractivity (Wildman–Crippen MR) is 140 cm³/mol. The largest absolute Gasteiger partial charge is 0.379 e. The van der Waals surface area contributed by atoms with Crippen molar-refractivity contribution in [2.75, 3.05) is 80.7 Å². The molecular formula is C25H56N4O3. The highest BCUT2D eigenvalue weighted by Crippen LogP contribution is 2.04. The van der Waals surface area contributed by atoms with Gasteiger partial charge in [0.2, 0.25) is 0 Å².